The average Bonchev–Trinajstić information content (AvgIpc) is 2.77. The zero-order chi connectivity index (χ0) is 11.8. The first-order valence-corrected chi connectivity index (χ1v) is 5.97. The van der Waals surface area contributed by atoms with Crippen LogP contribution in [0.15, 0.2) is 41.1 Å². The fourth-order valence-corrected chi connectivity index (χ4v) is 2.10. The van der Waals surface area contributed by atoms with Gasteiger partial charge in [0.1, 0.15) is 0 Å². The molecule has 5 heteroatoms. The van der Waals surface area contributed by atoms with Gasteiger partial charge in [0, 0.05) is 17.0 Å². The molecule has 0 saturated carbocycles. The lowest BCUT2D eigenvalue weighted by Crippen LogP contribution is -2.02. The molecule has 0 aliphatic carbocycles. The van der Waals surface area contributed by atoms with Crippen LogP contribution in [0.1, 0.15) is 5.69 Å². The molecular formula is C12H9BrN4. The highest BCUT2D eigenvalue weighted by atomic mass is 79.9. The molecule has 17 heavy (non-hydrogen) atoms. The van der Waals surface area contributed by atoms with Crippen molar-refractivity contribution in [1.82, 2.24) is 20.0 Å². The lowest BCUT2D eigenvalue weighted by atomic mass is 10.1. The van der Waals surface area contributed by atoms with Crippen LogP contribution in [0, 0.1) is 6.92 Å². The molecule has 3 aromatic rings. The van der Waals surface area contributed by atoms with Crippen molar-refractivity contribution in [3.63, 3.8) is 0 Å². The maximum Gasteiger partial charge on any atom is 0.183 e. The van der Waals surface area contributed by atoms with Gasteiger partial charge in [-0.1, -0.05) is 24.3 Å². The third kappa shape index (κ3) is 1.72. The van der Waals surface area contributed by atoms with Crippen LogP contribution < -0.4 is 0 Å². The number of hydrogen-bond donors (Lipinski definition) is 0. The van der Waals surface area contributed by atoms with Crippen molar-refractivity contribution in [2.75, 3.05) is 0 Å². The number of nitrogens with zero attached hydrogens (tertiary/aromatic N) is 4. The van der Waals surface area contributed by atoms with Crippen LogP contribution in [0.5, 0.6) is 0 Å². The lowest BCUT2D eigenvalue weighted by molar-refractivity contribution is 0.819. The van der Waals surface area contributed by atoms with Crippen LogP contribution in [0.2, 0.25) is 0 Å². The Kier molecular flexibility index (Phi) is 2.40. The van der Waals surface area contributed by atoms with E-state index >= 15 is 0 Å². The Hall–Kier alpha value is -1.75. The maximum absolute atomic E-state index is 4.23. The summed E-state index contributed by atoms with van der Waals surface area (Å²) in [6.45, 7) is 1.96. The third-order valence-electron chi connectivity index (χ3n) is 2.62. The number of rotatable bonds is 1. The SMILES string of the molecule is Cc1nnc(-n2cc(Br)cn2)c2ccccc12. The fourth-order valence-electron chi connectivity index (χ4n) is 1.81. The van der Waals surface area contributed by atoms with Gasteiger partial charge in [0.05, 0.1) is 16.4 Å². The Morgan fingerprint density at radius 3 is 2.59 bits per heavy atom. The van der Waals surface area contributed by atoms with Gasteiger partial charge < -0.3 is 0 Å². The minimum Gasteiger partial charge on any atom is -0.219 e. The molecule has 0 radical (unpaired) electrons. The molecular weight excluding hydrogens is 280 g/mol. The molecule has 0 fully saturated rings. The molecule has 3 rings (SSSR count). The van der Waals surface area contributed by atoms with E-state index < -0.39 is 0 Å². The zero-order valence-electron chi connectivity index (χ0n) is 9.13. The van der Waals surface area contributed by atoms with Crippen molar-refractivity contribution in [3.05, 3.63) is 46.8 Å². The molecule has 2 heterocycles. The Morgan fingerprint density at radius 2 is 1.88 bits per heavy atom. The van der Waals surface area contributed by atoms with E-state index in [2.05, 4.69) is 31.2 Å². The minimum atomic E-state index is 0.747. The predicted octanol–water partition coefficient (Wildman–Crippen LogP) is 2.89. The molecule has 0 N–H and O–H groups in total. The summed E-state index contributed by atoms with van der Waals surface area (Å²) in [4.78, 5) is 0. The summed E-state index contributed by atoms with van der Waals surface area (Å²) < 4.78 is 2.64. The monoisotopic (exact) mass is 288 g/mol. The standard InChI is InChI=1S/C12H9BrN4/c1-8-10-4-2-3-5-11(10)12(16-15-8)17-7-9(13)6-14-17/h2-7H,1H3. The van der Waals surface area contributed by atoms with Gasteiger partial charge in [0.15, 0.2) is 5.82 Å². The molecule has 1 aromatic carbocycles. The second-order valence-corrected chi connectivity index (χ2v) is 4.67. The van der Waals surface area contributed by atoms with Crippen LogP contribution in [0.4, 0.5) is 0 Å². The number of fused-ring (bicyclic) bond motifs is 1. The molecule has 0 spiro atoms. The molecule has 0 aliphatic rings. The first kappa shape index (κ1) is 10.4. The Labute approximate surface area is 106 Å². The van der Waals surface area contributed by atoms with Crippen molar-refractivity contribution >= 4 is 26.7 Å². The summed E-state index contributed by atoms with van der Waals surface area (Å²) >= 11 is 3.38. The molecule has 84 valence electrons. The fraction of sp³-hybridized carbons (Fsp3) is 0.0833. The normalized spacial score (nSPS) is 10.9. The predicted molar refractivity (Wildman–Crippen MR) is 69.1 cm³/mol. The van der Waals surface area contributed by atoms with E-state index in [-0.39, 0.29) is 0 Å². The van der Waals surface area contributed by atoms with E-state index in [0.29, 0.717) is 0 Å². The average molecular weight is 289 g/mol. The number of aryl methyl sites for hydroxylation is 1. The van der Waals surface area contributed by atoms with E-state index in [1.807, 2.05) is 37.4 Å². The highest BCUT2D eigenvalue weighted by Crippen LogP contribution is 2.21. The van der Waals surface area contributed by atoms with Crippen molar-refractivity contribution in [2.45, 2.75) is 6.92 Å². The first-order valence-electron chi connectivity index (χ1n) is 5.18. The molecule has 2 aromatic heterocycles. The van der Waals surface area contributed by atoms with Crippen molar-refractivity contribution in [3.8, 4) is 5.82 Å². The number of halogens is 1. The van der Waals surface area contributed by atoms with Crippen LogP contribution in [0.3, 0.4) is 0 Å². The summed E-state index contributed by atoms with van der Waals surface area (Å²) in [6.07, 6.45) is 3.60. The van der Waals surface area contributed by atoms with E-state index in [9.17, 15) is 0 Å². The van der Waals surface area contributed by atoms with Crippen LogP contribution in [-0.4, -0.2) is 20.0 Å². The van der Waals surface area contributed by atoms with Crippen molar-refractivity contribution < 1.29 is 0 Å². The Bertz CT molecular complexity index is 690. The van der Waals surface area contributed by atoms with Crippen molar-refractivity contribution in [2.24, 2.45) is 0 Å². The summed E-state index contributed by atoms with van der Waals surface area (Å²) in [5, 5.41) is 14.8. The smallest absolute Gasteiger partial charge is 0.183 e. The Morgan fingerprint density at radius 1 is 1.12 bits per heavy atom. The minimum absolute atomic E-state index is 0.747. The number of hydrogen-bond acceptors (Lipinski definition) is 3. The quantitative estimate of drug-likeness (QED) is 0.692. The Balaban J connectivity index is 2.34. The highest BCUT2D eigenvalue weighted by Gasteiger charge is 2.08. The topological polar surface area (TPSA) is 43.6 Å². The second kappa shape index (κ2) is 3.92. The summed E-state index contributed by atoms with van der Waals surface area (Å²) in [5.41, 5.74) is 0.926. The van der Waals surface area contributed by atoms with Gasteiger partial charge in [-0.05, 0) is 22.9 Å². The molecule has 0 amide bonds. The largest absolute Gasteiger partial charge is 0.219 e. The molecule has 0 saturated heterocycles. The third-order valence-corrected chi connectivity index (χ3v) is 3.03. The van der Waals surface area contributed by atoms with Gasteiger partial charge in [0.25, 0.3) is 0 Å². The summed E-state index contributed by atoms with van der Waals surface area (Å²) in [7, 11) is 0. The zero-order valence-corrected chi connectivity index (χ0v) is 10.7. The van der Waals surface area contributed by atoms with Gasteiger partial charge in [-0.2, -0.15) is 10.2 Å². The molecule has 0 aliphatic heterocycles. The second-order valence-electron chi connectivity index (χ2n) is 3.76. The van der Waals surface area contributed by atoms with E-state index in [4.69, 9.17) is 0 Å². The van der Waals surface area contributed by atoms with Gasteiger partial charge in [-0.15, -0.1) is 5.10 Å². The van der Waals surface area contributed by atoms with E-state index in [1.54, 1.807) is 10.9 Å². The van der Waals surface area contributed by atoms with Crippen LogP contribution >= 0.6 is 15.9 Å². The van der Waals surface area contributed by atoms with Gasteiger partial charge in [-0.3, -0.25) is 0 Å². The molecule has 0 bridgehead atoms. The molecule has 4 nitrogen and oxygen atoms in total. The number of aromatic nitrogens is 4. The first-order chi connectivity index (χ1) is 8.25. The maximum atomic E-state index is 4.23. The van der Waals surface area contributed by atoms with E-state index in [1.165, 1.54) is 0 Å². The summed E-state index contributed by atoms with van der Waals surface area (Å²) in [6, 6.07) is 8.06. The van der Waals surface area contributed by atoms with Crippen molar-refractivity contribution in [1.29, 1.82) is 0 Å². The summed E-state index contributed by atoms with van der Waals surface area (Å²) in [5.74, 6) is 0.747. The van der Waals surface area contributed by atoms with Gasteiger partial charge >= 0.3 is 0 Å². The van der Waals surface area contributed by atoms with Gasteiger partial charge in [0.2, 0.25) is 0 Å². The van der Waals surface area contributed by atoms with Crippen LogP contribution in [0.25, 0.3) is 16.6 Å². The molecule has 0 unspecified atom stereocenters. The lowest BCUT2D eigenvalue weighted by Gasteiger charge is -2.06. The van der Waals surface area contributed by atoms with Gasteiger partial charge in [-0.25, -0.2) is 4.68 Å². The van der Waals surface area contributed by atoms with Crippen LogP contribution in [-0.2, 0) is 0 Å². The van der Waals surface area contributed by atoms with E-state index in [0.717, 1.165) is 26.8 Å². The number of benzene rings is 1. The molecule has 0 atom stereocenters. The highest BCUT2D eigenvalue weighted by molar-refractivity contribution is 9.10.